The standard InChI is InChI=1S/C30H29FN6O4/c1-20(2)36(30(40)37(19-38)25-9-5-23(31)6-10-25)17-21(3)29(39)34-24-7-11-26(12-8-24)41-27-13-14-32-28(15-27)22-16-33-35(4)18-22/h5-20H,1-4H3,(H,34,39)/b21-17+. The van der Waals surface area contributed by atoms with E-state index >= 15 is 0 Å². The van der Waals surface area contributed by atoms with Gasteiger partial charge in [0.25, 0.3) is 5.91 Å². The van der Waals surface area contributed by atoms with Crippen LogP contribution in [0.1, 0.15) is 20.8 Å². The van der Waals surface area contributed by atoms with E-state index in [0.29, 0.717) is 23.6 Å². The summed E-state index contributed by atoms with van der Waals surface area (Å²) >= 11 is 0. The van der Waals surface area contributed by atoms with Gasteiger partial charge in [0.1, 0.15) is 17.3 Å². The topological polar surface area (TPSA) is 110 Å². The van der Waals surface area contributed by atoms with Gasteiger partial charge in [-0.25, -0.2) is 14.1 Å². The summed E-state index contributed by atoms with van der Waals surface area (Å²) in [5.41, 5.74) is 2.55. The average molecular weight is 557 g/mol. The Morgan fingerprint density at radius 3 is 2.37 bits per heavy atom. The SMILES string of the molecule is C/C(=C\N(C(=O)N(C=O)c1ccc(F)cc1)C(C)C)C(=O)Nc1ccc(Oc2ccnc(-c3cnn(C)c3)c2)cc1. The van der Waals surface area contributed by atoms with Crippen molar-refractivity contribution in [1.29, 1.82) is 0 Å². The molecule has 1 N–H and O–H groups in total. The minimum atomic E-state index is -0.682. The molecule has 4 amide bonds. The Morgan fingerprint density at radius 2 is 1.76 bits per heavy atom. The van der Waals surface area contributed by atoms with Crippen LogP contribution in [0.15, 0.2) is 91.0 Å². The first-order valence-corrected chi connectivity index (χ1v) is 12.7. The fourth-order valence-electron chi connectivity index (χ4n) is 3.79. The van der Waals surface area contributed by atoms with Gasteiger partial charge < -0.3 is 10.1 Å². The number of nitrogens with one attached hydrogen (secondary N) is 1. The van der Waals surface area contributed by atoms with Gasteiger partial charge in [0.05, 0.1) is 17.6 Å². The molecule has 0 atom stereocenters. The summed E-state index contributed by atoms with van der Waals surface area (Å²) in [4.78, 5) is 44.2. The molecule has 0 spiro atoms. The van der Waals surface area contributed by atoms with Crippen LogP contribution in [-0.4, -0.2) is 44.1 Å². The van der Waals surface area contributed by atoms with Crippen LogP contribution in [0, 0.1) is 5.82 Å². The summed E-state index contributed by atoms with van der Waals surface area (Å²) in [6.45, 7) is 5.05. The summed E-state index contributed by atoms with van der Waals surface area (Å²) < 4.78 is 20.9. The summed E-state index contributed by atoms with van der Waals surface area (Å²) in [5.74, 6) is 0.224. The first-order chi connectivity index (χ1) is 19.6. The molecule has 0 aliphatic heterocycles. The molecule has 0 fully saturated rings. The van der Waals surface area contributed by atoms with Gasteiger partial charge in [0.2, 0.25) is 6.41 Å². The number of anilines is 2. The van der Waals surface area contributed by atoms with Crippen molar-refractivity contribution in [2.45, 2.75) is 26.8 Å². The molecule has 0 saturated carbocycles. The quantitative estimate of drug-likeness (QED) is 0.208. The number of aromatic nitrogens is 3. The van der Waals surface area contributed by atoms with Crippen LogP contribution < -0.4 is 15.0 Å². The minimum Gasteiger partial charge on any atom is -0.457 e. The molecule has 0 unspecified atom stereocenters. The van der Waals surface area contributed by atoms with E-state index in [-0.39, 0.29) is 17.3 Å². The van der Waals surface area contributed by atoms with Crippen molar-refractivity contribution in [3.63, 3.8) is 0 Å². The molecular formula is C30H29FN6O4. The highest BCUT2D eigenvalue weighted by molar-refractivity contribution is 6.07. The van der Waals surface area contributed by atoms with Crippen molar-refractivity contribution < 1.29 is 23.5 Å². The van der Waals surface area contributed by atoms with E-state index in [4.69, 9.17) is 4.74 Å². The number of aryl methyl sites for hydroxylation is 1. The number of carbonyl (C=O) groups excluding carboxylic acids is 3. The van der Waals surface area contributed by atoms with Crippen LogP contribution in [-0.2, 0) is 16.6 Å². The van der Waals surface area contributed by atoms with Crippen LogP contribution >= 0.6 is 0 Å². The number of nitrogens with zero attached hydrogens (tertiary/aromatic N) is 5. The second-order valence-electron chi connectivity index (χ2n) is 9.41. The molecular weight excluding hydrogens is 527 g/mol. The molecule has 0 radical (unpaired) electrons. The molecule has 0 aliphatic rings. The van der Waals surface area contributed by atoms with E-state index in [1.165, 1.54) is 23.2 Å². The molecule has 210 valence electrons. The summed E-state index contributed by atoms with van der Waals surface area (Å²) in [5, 5.41) is 6.95. The Balaban J connectivity index is 1.42. The van der Waals surface area contributed by atoms with Crippen LogP contribution in [0.5, 0.6) is 11.5 Å². The number of hydrogen-bond donors (Lipinski definition) is 1. The lowest BCUT2D eigenvalue weighted by atomic mass is 10.2. The maximum absolute atomic E-state index is 13.3. The molecule has 41 heavy (non-hydrogen) atoms. The van der Waals surface area contributed by atoms with Gasteiger partial charge >= 0.3 is 6.03 Å². The Hall–Kier alpha value is -5.32. The van der Waals surface area contributed by atoms with Crippen LogP contribution in [0.25, 0.3) is 11.3 Å². The average Bonchev–Trinajstić information content (AvgIpc) is 3.40. The molecule has 0 bridgehead atoms. The van der Waals surface area contributed by atoms with Crippen molar-refractivity contribution in [3.05, 3.63) is 96.8 Å². The van der Waals surface area contributed by atoms with Crippen LogP contribution in [0.3, 0.4) is 0 Å². The molecule has 2 heterocycles. The second-order valence-corrected chi connectivity index (χ2v) is 9.41. The molecule has 2 aromatic heterocycles. The third kappa shape index (κ3) is 7.21. The number of amides is 4. The van der Waals surface area contributed by atoms with Crippen LogP contribution in [0.4, 0.5) is 20.6 Å². The zero-order valence-corrected chi connectivity index (χ0v) is 23.0. The minimum absolute atomic E-state index is 0.204. The number of urea groups is 1. The van der Waals surface area contributed by atoms with Gasteiger partial charge in [-0.1, -0.05) is 0 Å². The molecule has 0 aliphatic carbocycles. The molecule has 4 aromatic rings. The normalized spacial score (nSPS) is 11.2. The number of ether oxygens (including phenoxy) is 1. The smallest absolute Gasteiger partial charge is 0.335 e. The van der Waals surface area contributed by atoms with E-state index < -0.39 is 17.8 Å². The van der Waals surface area contributed by atoms with E-state index in [9.17, 15) is 18.8 Å². The molecule has 11 heteroatoms. The van der Waals surface area contributed by atoms with Crippen molar-refractivity contribution in [2.75, 3.05) is 10.2 Å². The van der Waals surface area contributed by atoms with E-state index in [0.717, 1.165) is 28.3 Å². The monoisotopic (exact) mass is 556 g/mol. The predicted molar refractivity (Wildman–Crippen MR) is 153 cm³/mol. The Kier molecular flexibility index (Phi) is 8.88. The Morgan fingerprint density at radius 1 is 1.05 bits per heavy atom. The predicted octanol–water partition coefficient (Wildman–Crippen LogP) is 5.75. The Labute approximate surface area is 236 Å². The zero-order valence-electron chi connectivity index (χ0n) is 23.0. The number of pyridine rings is 1. The van der Waals surface area contributed by atoms with E-state index in [1.807, 2.05) is 19.3 Å². The lowest BCUT2D eigenvalue weighted by Gasteiger charge is -2.28. The second kappa shape index (κ2) is 12.7. The van der Waals surface area contributed by atoms with Crippen molar-refractivity contribution in [3.8, 4) is 22.8 Å². The van der Waals surface area contributed by atoms with Gasteiger partial charge in [-0.3, -0.25) is 24.2 Å². The highest BCUT2D eigenvalue weighted by Gasteiger charge is 2.24. The lowest BCUT2D eigenvalue weighted by Crippen LogP contribution is -2.43. The fraction of sp³-hybridized carbons (Fsp3) is 0.167. The van der Waals surface area contributed by atoms with Crippen LogP contribution in [0.2, 0.25) is 0 Å². The largest absolute Gasteiger partial charge is 0.457 e. The third-order valence-electron chi connectivity index (χ3n) is 5.96. The lowest BCUT2D eigenvalue weighted by molar-refractivity contribution is -0.112. The molecule has 4 rings (SSSR count). The fourth-order valence-corrected chi connectivity index (χ4v) is 3.79. The maximum atomic E-state index is 13.3. The zero-order chi connectivity index (χ0) is 29.5. The molecule has 10 nitrogen and oxygen atoms in total. The first kappa shape index (κ1) is 28.7. The van der Waals surface area contributed by atoms with Gasteiger partial charge in [0, 0.05) is 54.6 Å². The number of hydrogen-bond acceptors (Lipinski definition) is 6. The summed E-state index contributed by atoms with van der Waals surface area (Å²) in [6, 6.07) is 14.3. The number of carbonyl (C=O) groups is 3. The van der Waals surface area contributed by atoms with Gasteiger partial charge in [0.15, 0.2) is 0 Å². The number of imide groups is 1. The first-order valence-electron chi connectivity index (χ1n) is 12.7. The molecule has 0 saturated heterocycles. The van der Waals surface area contributed by atoms with E-state index in [1.54, 1.807) is 68.2 Å². The van der Waals surface area contributed by atoms with Crippen molar-refractivity contribution in [2.24, 2.45) is 7.05 Å². The summed E-state index contributed by atoms with van der Waals surface area (Å²) in [7, 11) is 1.83. The number of halogens is 1. The maximum Gasteiger partial charge on any atom is 0.335 e. The van der Waals surface area contributed by atoms with Crippen molar-refractivity contribution >= 4 is 29.7 Å². The molecule has 2 aromatic carbocycles. The van der Waals surface area contributed by atoms with Gasteiger partial charge in [-0.2, -0.15) is 5.10 Å². The van der Waals surface area contributed by atoms with Gasteiger partial charge in [-0.15, -0.1) is 0 Å². The Bertz CT molecular complexity index is 1560. The van der Waals surface area contributed by atoms with Crippen molar-refractivity contribution in [1.82, 2.24) is 19.7 Å². The van der Waals surface area contributed by atoms with Gasteiger partial charge in [-0.05, 0) is 75.4 Å². The summed E-state index contributed by atoms with van der Waals surface area (Å²) in [6.07, 6.45) is 6.97. The highest BCUT2D eigenvalue weighted by atomic mass is 19.1. The number of benzene rings is 2. The van der Waals surface area contributed by atoms with E-state index in [2.05, 4.69) is 15.4 Å². The number of rotatable bonds is 9. The highest BCUT2D eigenvalue weighted by Crippen LogP contribution is 2.26. The third-order valence-corrected chi connectivity index (χ3v) is 5.96.